The number of hydrogen-bond donors (Lipinski definition) is 0. The Kier molecular flexibility index (Phi) is 3.33. The van der Waals surface area contributed by atoms with Crippen LogP contribution >= 0.6 is 0 Å². The van der Waals surface area contributed by atoms with Crippen LogP contribution in [0.3, 0.4) is 0 Å². The van der Waals surface area contributed by atoms with Gasteiger partial charge in [0.05, 0.1) is 45.4 Å². The smallest absolute Gasteiger partial charge is 0.179 e. The molecule has 3 atom stereocenters. The van der Waals surface area contributed by atoms with Gasteiger partial charge in [-0.25, -0.2) is 0 Å². The number of quaternary nitrogens is 1. The Morgan fingerprint density at radius 1 is 0.900 bits per heavy atom. The van der Waals surface area contributed by atoms with E-state index in [-0.39, 0.29) is 5.79 Å². The molecule has 2 aliphatic carbocycles. The van der Waals surface area contributed by atoms with E-state index >= 15 is 0 Å². The summed E-state index contributed by atoms with van der Waals surface area (Å²) in [4.78, 5) is 0. The van der Waals surface area contributed by atoms with Gasteiger partial charge in [-0.1, -0.05) is 6.42 Å². The number of ether oxygens (including phenoxy) is 3. The minimum atomic E-state index is -0.221. The molecule has 0 aromatic rings. The maximum atomic E-state index is 6.25. The highest BCUT2D eigenvalue weighted by atomic mass is 16.7. The molecular weight excluding hydrogens is 254 g/mol. The summed E-state index contributed by atoms with van der Waals surface area (Å²) in [5.41, 5.74) is 0. The minimum absolute atomic E-state index is 0.221. The average molecular weight is 282 g/mol. The Morgan fingerprint density at radius 2 is 1.65 bits per heavy atom. The van der Waals surface area contributed by atoms with Crippen LogP contribution in [0.2, 0.25) is 0 Å². The Hall–Kier alpha value is -0.160. The van der Waals surface area contributed by atoms with Crippen molar-refractivity contribution in [3.05, 3.63) is 0 Å². The van der Waals surface area contributed by atoms with E-state index in [4.69, 9.17) is 14.2 Å². The summed E-state index contributed by atoms with van der Waals surface area (Å²) >= 11 is 0. The van der Waals surface area contributed by atoms with Crippen molar-refractivity contribution >= 4 is 0 Å². The molecule has 114 valence electrons. The summed E-state index contributed by atoms with van der Waals surface area (Å²) in [5, 5.41) is 0. The van der Waals surface area contributed by atoms with Crippen molar-refractivity contribution in [2.45, 2.75) is 43.9 Å². The van der Waals surface area contributed by atoms with E-state index in [0.29, 0.717) is 17.9 Å². The lowest BCUT2D eigenvalue weighted by Crippen LogP contribution is -2.68. The maximum Gasteiger partial charge on any atom is 0.179 e. The predicted molar refractivity (Wildman–Crippen MR) is 75.2 cm³/mol. The van der Waals surface area contributed by atoms with Crippen molar-refractivity contribution in [1.82, 2.24) is 0 Å². The number of morpholine rings is 1. The fourth-order valence-electron chi connectivity index (χ4n) is 5.40. The van der Waals surface area contributed by atoms with Crippen LogP contribution in [-0.4, -0.2) is 62.9 Å². The third-order valence-corrected chi connectivity index (χ3v) is 6.46. The second kappa shape index (κ2) is 4.94. The van der Waals surface area contributed by atoms with E-state index < -0.39 is 0 Å². The molecule has 2 aliphatic heterocycles. The topological polar surface area (TPSA) is 27.7 Å². The molecule has 0 aromatic carbocycles. The zero-order valence-corrected chi connectivity index (χ0v) is 12.7. The zero-order valence-electron chi connectivity index (χ0n) is 12.7. The predicted octanol–water partition coefficient (Wildman–Crippen LogP) is 1.78. The Balaban J connectivity index is 1.64. The monoisotopic (exact) mass is 282 g/mol. The van der Waals surface area contributed by atoms with Gasteiger partial charge in [0.1, 0.15) is 13.1 Å². The van der Waals surface area contributed by atoms with Crippen molar-refractivity contribution < 1.29 is 18.7 Å². The lowest BCUT2D eigenvalue weighted by Gasteiger charge is -2.57. The van der Waals surface area contributed by atoms with E-state index in [2.05, 4.69) is 7.05 Å². The maximum absolute atomic E-state index is 6.25. The molecule has 0 radical (unpaired) electrons. The Labute approximate surface area is 122 Å². The van der Waals surface area contributed by atoms with Crippen LogP contribution in [0, 0.1) is 11.8 Å². The quantitative estimate of drug-likeness (QED) is 0.686. The number of nitrogens with zero attached hydrogens (tertiary/aromatic N) is 1. The standard InChI is InChI=1S/C16H28NO3/c1-17(7-9-18-10-8-17)15-6-5-13-3-2-4-14(15)16(13)19-11-12-20-16/h13-15H,2-12H2,1H3/q+1/t13-,14-,15-/m1/s1. The Bertz CT molecular complexity index is 361. The molecule has 4 heteroatoms. The molecular formula is C16H28NO3+. The Morgan fingerprint density at radius 3 is 2.40 bits per heavy atom. The first kappa shape index (κ1) is 13.5. The summed E-state index contributed by atoms with van der Waals surface area (Å²) in [6.45, 7) is 5.73. The lowest BCUT2D eigenvalue weighted by atomic mass is 9.64. The number of hydrogen-bond acceptors (Lipinski definition) is 3. The van der Waals surface area contributed by atoms with Gasteiger partial charge in [0.2, 0.25) is 0 Å². The molecule has 2 saturated carbocycles. The fourth-order valence-corrected chi connectivity index (χ4v) is 5.40. The SMILES string of the molecule is C[N+]1([C@@H]2CC[C@H]3CCC[C@H]2C32OCCO2)CCOCC1. The van der Waals surface area contributed by atoms with Gasteiger partial charge >= 0.3 is 0 Å². The van der Waals surface area contributed by atoms with Crippen LogP contribution in [0.1, 0.15) is 32.1 Å². The summed E-state index contributed by atoms with van der Waals surface area (Å²) in [5.74, 6) is 1.02. The van der Waals surface area contributed by atoms with Crippen LogP contribution in [0.5, 0.6) is 0 Å². The lowest BCUT2D eigenvalue weighted by molar-refractivity contribution is -0.947. The number of likely N-dealkylation sites (N-methyl/N-ethyl adjacent to an activating group) is 1. The van der Waals surface area contributed by atoms with Gasteiger partial charge < -0.3 is 18.7 Å². The van der Waals surface area contributed by atoms with Crippen molar-refractivity contribution in [2.24, 2.45) is 11.8 Å². The molecule has 4 aliphatic rings. The summed E-state index contributed by atoms with van der Waals surface area (Å²) < 4.78 is 19.3. The van der Waals surface area contributed by atoms with Crippen molar-refractivity contribution in [3.63, 3.8) is 0 Å². The molecule has 0 unspecified atom stereocenters. The highest BCUT2D eigenvalue weighted by Gasteiger charge is 2.61. The van der Waals surface area contributed by atoms with Crippen LogP contribution < -0.4 is 0 Å². The molecule has 0 amide bonds. The fraction of sp³-hybridized carbons (Fsp3) is 1.00. The van der Waals surface area contributed by atoms with E-state index in [1.807, 2.05) is 0 Å². The van der Waals surface area contributed by atoms with Gasteiger partial charge in [-0.2, -0.15) is 0 Å². The normalized spacial score (nSPS) is 42.8. The van der Waals surface area contributed by atoms with Gasteiger partial charge in [0.25, 0.3) is 0 Å². The molecule has 4 rings (SSSR count). The van der Waals surface area contributed by atoms with Crippen molar-refractivity contribution in [1.29, 1.82) is 0 Å². The van der Waals surface area contributed by atoms with Gasteiger partial charge in [-0.15, -0.1) is 0 Å². The van der Waals surface area contributed by atoms with Crippen LogP contribution in [0.25, 0.3) is 0 Å². The molecule has 4 fully saturated rings. The summed E-state index contributed by atoms with van der Waals surface area (Å²) in [6.07, 6.45) is 6.58. The van der Waals surface area contributed by atoms with Gasteiger partial charge in [0.15, 0.2) is 5.79 Å². The molecule has 2 bridgehead atoms. The first-order valence-electron chi connectivity index (χ1n) is 8.44. The number of rotatable bonds is 1. The second-order valence-corrected chi connectivity index (χ2v) is 7.34. The first-order valence-corrected chi connectivity index (χ1v) is 8.44. The van der Waals surface area contributed by atoms with Crippen molar-refractivity contribution in [3.8, 4) is 0 Å². The third-order valence-electron chi connectivity index (χ3n) is 6.46. The average Bonchev–Trinajstić information content (AvgIpc) is 2.88. The van der Waals surface area contributed by atoms with Gasteiger partial charge in [-0.05, 0) is 19.3 Å². The molecule has 20 heavy (non-hydrogen) atoms. The molecule has 4 nitrogen and oxygen atoms in total. The van der Waals surface area contributed by atoms with E-state index in [9.17, 15) is 0 Å². The first-order chi connectivity index (χ1) is 9.75. The van der Waals surface area contributed by atoms with E-state index in [1.54, 1.807) is 0 Å². The largest absolute Gasteiger partial charge is 0.370 e. The molecule has 2 heterocycles. The summed E-state index contributed by atoms with van der Waals surface area (Å²) in [6, 6.07) is 0.702. The molecule has 1 spiro atoms. The van der Waals surface area contributed by atoms with E-state index in [1.165, 1.54) is 36.6 Å². The third kappa shape index (κ3) is 1.88. The van der Waals surface area contributed by atoms with Gasteiger partial charge in [0, 0.05) is 12.3 Å². The summed E-state index contributed by atoms with van der Waals surface area (Å²) in [7, 11) is 2.44. The van der Waals surface area contributed by atoms with E-state index in [0.717, 1.165) is 39.5 Å². The van der Waals surface area contributed by atoms with Crippen LogP contribution in [-0.2, 0) is 14.2 Å². The molecule has 0 N–H and O–H groups in total. The highest BCUT2D eigenvalue weighted by molar-refractivity contribution is 5.00. The minimum Gasteiger partial charge on any atom is -0.370 e. The molecule has 0 aromatic heterocycles. The second-order valence-electron chi connectivity index (χ2n) is 7.34. The van der Waals surface area contributed by atoms with Gasteiger partial charge in [-0.3, -0.25) is 0 Å². The van der Waals surface area contributed by atoms with Crippen LogP contribution in [0.15, 0.2) is 0 Å². The highest BCUT2D eigenvalue weighted by Crippen LogP contribution is 2.53. The van der Waals surface area contributed by atoms with Crippen LogP contribution in [0.4, 0.5) is 0 Å². The molecule has 2 saturated heterocycles. The zero-order chi connectivity index (χ0) is 13.6. The van der Waals surface area contributed by atoms with Crippen molar-refractivity contribution in [2.75, 3.05) is 46.6 Å².